The Morgan fingerprint density at radius 3 is 2.43 bits per heavy atom. The summed E-state index contributed by atoms with van der Waals surface area (Å²) in [7, 11) is -3.16. The van der Waals surface area contributed by atoms with Crippen molar-refractivity contribution in [3.8, 4) is 0 Å². The van der Waals surface area contributed by atoms with Crippen LogP contribution in [0.3, 0.4) is 0 Å². The van der Waals surface area contributed by atoms with Gasteiger partial charge in [-0.3, -0.25) is 4.79 Å². The van der Waals surface area contributed by atoms with Crippen molar-refractivity contribution in [2.24, 2.45) is 5.92 Å². The lowest BCUT2D eigenvalue weighted by atomic mass is 9.97. The average molecular weight is 361 g/mol. The highest BCUT2D eigenvalue weighted by Crippen LogP contribution is 2.29. The highest BCUT2D eigenvalue weighted by atomic mass is 32.2. The lowest BCUT2D eigenvalue weighted by Crippen LogP contribution is -2.40. The molecule has 0 radical (unpaired) electrons. The zero-order valence-electron chi connectivity index (χ0n) is 13.8. The van der Waals surface area contributed by atoms with E-state index in [-0.39, 0.29) is 11.8 Å². The topological polar surface area (TPSA) is 92.3 Å². The molecule has 0 saturated carbocycles. The first-order valence-electron chi connectivity index (χ1n) is 7.94. The fourth-order valence-electron chi connectivity index (χ4n) is 2.75. The molecule has 1 aliphatic rings. The Morgan fingerprint density at radius 1 is 1.30 bits per heavy atom. The van der Waals surface area contributed by atoms with Crippen molar-refractivity contribution in [3.63, 3.8) is 0 Å². The molecular formula is C14H24N4O3S2. The zero-order chi connectivity index (χ0) is 17.0. The van der Waals surface area contributed by atoms with Gasteiger partial charge in [-0.1, -0.05) is 25.2 Å². The number of amides is 1. The van der Waals surface area contributed by atoms with Crippen LogP contribution in [0.1, 0.15) is 50.5 Å². The molecule has 1 aliphatic heterocycles. The molecule has 1 saturated heterocycles. The Bertz CT molecular complexity index is 632. The minimum Gasteiger partial charge on any atom is -0.300 e. The maximum absolute atomic E-state index is 12.3. The molecule has 2 rings (SSSR count). The summed E-state index contributed by atoms with van der Waals surface area (Å²) < 4.78 is 24.4. The van der Waals surface area contributed by atoms with E-state index in [4.69, 9.17) is 0 Å². The maximum Gasteiger partial charge on any atom is 0.229 e. The molecule has 7 nitrogen and oxygen atoms in total. The molecular weight excluding hydrogens is 336 g/mol. The van der Waals surface area contributed by atoms with Gasteiger partial charge in [-0.15, -0.1) is 10.2 Å². The molecule has 23 heavy (non-hydrogen) atoms. The van der Waals surface area contributed by atoms with E-state index < -0.39 is 10.0 Å². The van der Waals surface area contributed by atoms with Gasteiger partial charge < -0.3 is 5.32 Å². The molecule has 0 aliphatic carbocycles. The van der Waals surface area contributed by atoms with E-state index in [2.05, 4.69) is 29.4 Å². The molecule has 2 heterocycles. The highest BCUT2D eigenvalue weighted by molar-refractivity contribution is 7.88. The second kappa shape index (κ2) is 7.67. The minimum atomic E-state index is -3.16. The molecule has 1 fully saturated rings. The first-order valence-corrected chi connectivity index (χ1v) is 10.6. The molecule has 0 unspecified atom stereocenters. The predicted molar refractivity (Wildman–Crippen MR) is 91.0 cm³/mol. The van der Waals surface area contributed by atoms with Gasteiger partial charge in [-0.25, -0.2) is 12.7 Å². The Hall–Kier alpha value is -1.06. The Morgan fingerprint density at radius 2 is 1.91 bits per heavy atom. The standard InChI is InChI=1S/C14H24N4O3S2/c1-4-10(5-2)13-16-17-14(22-13)15-12(19)11-6-8-18(9-7-11)23(3,20)21/h10-11H,4-9H2,1-3H3,(H,15,17,19). The number of nitrogens with zero attached hydrogens (tertiary/aromatic N) is 3. The van der Waals surface area contributed by atoms with Crippen LogP contribution in [0, 0.1) is 5.92 Å². The van der Waals surface area contributed by atoms with Crippen LogP contribution in [0.4, 0.5) is 5.13 Å². The van der Waals surface area contributed by atoms with Crippen molar-refractivity contribution in [2.45, 2.75) is 45.4 Å². The van der Waals surface area contributed by atoms with E-state index in [1.54, 1.807) is 0 Å². The van der Waals surface area contributed by atoms with Crippen LogP contribution in [0.5, 0.6) is 0 Å². The molecule has 0 spiro atoms. The lowest BCUT2D eigenvalue weighted by Gasteiger charge is -2.29. The number of sulfonamides is 1. The van der Waals surface area contributed by atoms with Crippen LogP contribution in [-0.4, -0.2) is 48.2 Å². The number of piperidine rings is 1. The first-order chi connectivity index (χ1) is 10.8. The molecule has 9 heteroatoms. The number of carbonyl (C=O) groups is 1. The van der Waals surface area contributed by atoms with Crippen molar-refractivity contribution >= 4 is 32.4 Å². The minimum absolute atomic E-state index is 0.0922. The van der Waals surface area contributed by atoms with Gasteiger partial charge in [0, 0.05) is 24.9 Å². The smallest absolute Gasteiger partial charge is 0.229 e. The van der Waals surface area contributed by atoms with Gasteiger partial charge >= 0.3 is 0 Å². The van der Waals surface area contributed by atoms with E-state index in [9.17, 15) is 13.2 Å². The average Bonchev–Trinajstić information content (AvgIpc) is 2.96. The third-order valence-electron chi connectivity index (χ3n) is 4.30. The van der Waals surface area contributed by atoms with Crippen LogP contribution in [-0.2, 0) is 14.8 Å². The van der Waals surface area contributed by atoms with E-state index in [0.717, 1.165) is 17.8 Å². The van der Waals surface area contributed by atoms with E-state index in [0.29, 0.717) is 37.0 Å². The fraction of sp³-hybridized carbons (Fsp3) is 0.786. The summed E-state index contributed by atoms with van der Waals surface area (Å²) in [5, 5.41) is 12.5. The number of rotatable bonds is 6. The molecule has 1 aromatic heterocycles. The normalized spacial score (nSPS) is 17.6. The molecule has 130 valence electrons. The van der Waals surface area contributed by atoms with Crippen molar-refractivity contribution in [2.75, 3.05) is 24.7 Å². The van der Waals surface area contributed by atoms with Crippen molar-refractivity contribution in [1.82, 2.24) is 14.5 Å². The van der Waals surface area contributed by atoms with Crippen molar-refractivity contribution in [1.29, 1.82) is 0 Å². The molecule has 0 atom stereocenters. The SMILES string of the molecule is CCC(CC)c1nnc(NC(=O)C2CCN(S(C)(=O)=O)CC2)s1. The fourth-order valence-corrected chi connectivity index (χ4v) is 4.63. The summed E-state index contributed by atoms with van der Waals surface area (Å²) in [6.45, 7) is 5.02. The van der Waals surface area contributed by atoms with Gasteiger partial charge in [-0.2, -0.15) is 0 Å². The van der Waals surface area contributed by atoms with Crippen LogP contribution in [0.25, 0.3) is 0 Å². The van der Waals surface area contributed by atoms with Crippen LogP contribution in [0.15, 0.2) is 0 Å². The van der Waals surface area contributed by atoms with Gasteiger partial charge in [0.05, 0.1) is 6.26 Å². The quantitative estimate of drug-likeness (QED) is 0.838. The van der Waals surface area contributed by atoms with Gasteiger partial charge in [0.2, 0.25) is 21.1 Å². The Balaban J connectivity index is 1.91. The zero-order valence-corrected chi connectivity index (χ0v) is 15.4. The second-order valence-corrected chi connectivity index (χ2v) is 8.88. The molecule has 0 aromatic carbocycles. The maximum atomic E-state index is 12.3. The monoisotopic (exact) mass is 360 g/mol. The number of aromatic nitrogens is 2. The number of nitrogens with one attached hydrogen (secondary N) is 1. The Kier molecular flexibility index (Phi) is 6.10. The van der Waals surface area contributed by atoms with Crippen molar-refractivity contribution < 1.29 is 13.2 Å². The van der Waals surface area contributed by atoms with Crippen LogP contribution in [0.2, 0.25) is 0 Å². The number of hydrogen-bond acceptors (Lipinski definition) is 6. The number of carbonyl (C=O) groups excluding carboxylic acids is 1. The number of anilines is 1. The Labute approximate surface area is 141 Å². The van der Waals surface area contributed by atoms with Gasteiger partial charge in [0.15, 0.2) is 0 Å². The van der Waals surface area contributed by atoms with Crippen LogP contribution < -0.4 is 5.32 Å². The highest BCUT2D eigenvalue weighted by Gasteiger charge is 2.29. The van der Waals surface area contributed by atoms with Gasteiger partial charge in [-0.05, 0) is 25.7 Å². The molecule has 0 bridgehead atoms. The summed E-state index contributed by atoms with van der Waals surface area (Å²) in [5.74, 6) is 0.120. The van der Waals surface area contributed by atoms with E-state index in [1.165, 1.54) is 21.9 Å². The van der Waals surface area contributed by atoms with Gasteiger partial charge in [0.25, 0.3) is 0 Å². The summed E-state index contributed by atoms with van der Waals surface area (Å²) in [5.41, 5.74) is 0. The number of hydrogen-bond donors (Lipinski definition) is 1. The summed E-state index contributed by atoms with van der Waals surface area (Å²) >= 11 is 1.43. The first kappa shape index (κ1) is 18.3. The molecule has 1 aromatic rings. The van der Waals surface area contributed by atoms with E-state index >= 15 is 0 Å². The van der Waals surface area contributed by atoms with Gasteiger partial charge in [0.1, 0.15) is 5.01 Å². The largest absolute Gasteiger partial charge is 0.300 e. The van der Waals surface area contributed by atoms with E-state index in [1.807, 2.05) is 0 Å². The summed E-state index contributed by atoms with van der Waals surface area (Å²) in [6, 6.07) is 0. The second-order valence-electron chi connectivity index (χ2n) is 5.88. The third kappa shape index (κ3) is 4.71. The molecule has 1 amide bonds. The predicted octanol–water partition coefficient (Wildman–Crippen LogP) is 2.05. The van der Waals surface area contributed by atoms with Crippen molar-refractivity contribution in [3.05, 3.63) is 5.01 Å². The third-order valence-corrected chi connectivity index (χ3v) is 6.60. The lowest BCUT2D eigenvalue weighted by molar-refractivity contribution is -0.120. The molecule has 1 N–H and O–H groups in total. The summed E-state index contributed by atoms with van der Waals surface area (Å²) in [6.07, 6.45) is 4.29. The summed E-state index contributed by atoms with van der Waals surface area (Å²) in [4.78, 5) is 12.3. The van der Waals surface area contributed by atoms with Crippen LogP contribution >= 0.6 is 11.3 Å².